The summed E-state index contributed by atoms with van der Waals surface area (Å²) < 4.78 is 0. The van der Waals surface area contributed by atoms with Crippen LogP contribution in [0, 0.1) is 11.8 Å². The van der Waals surface area contributed by atoms with Gasteiger partial charge in [-0.25, -0.2) is 9.97 Å². The van der Waals surface area contributed by atoms with Gasteiger partial charge < -0.3 is 9.80 Å². The lowest BCUT2D eigenvalue weighted by Gasteiger charge is -2.39. The quantitative estimate of drug-likeness (QED) is 0.856. The molecule has 1 aromatic rings. The van der Waals surface area contributed by atoms with Gasteiger partial charge in [-0.15, -0.1) is 0 Å². The van der Waals surface area contributed by atoms with Gasteiger partial charge in [0.1, 0.15) is 12.1 Å². The van der Waals surface area contributed by atoms with E-state index in [0.29, 0.717) is 23.8 Å². The van der Waals surface area contributed by atoms with Crippen LogP contribution in [0.2, 0.25) is 0 Å². The van der Waals surface area contributed by atoms with Crippen LogP contribution < -0.4 is 4.90 Å². The molecule has 4 rings (SSSR count). The lowest BCUT2D eigenvalue weighted by atomic mass is 9.86. The molecule has 0 bridgehead atoms. The summed E-state index contributed by atoms with van der Waals surface area (Å²) in [5, 5.41) is 0. The van der Waals surface area contributed by atoms with E-state index in [4.69, 9.17) is 0 Å². The molecule has 2 atom stereocenters. The van der Waals surface area contributed by atoms with E-state index < -0.39 is 0 Å². The second kappa shape index (κ2) is 7.08. The molecule has 1 saturated carbocycles. The molecule has 0 N–H and O–H groups in total. The molecule has 0 radical (unpaired) electrons. The van der Waals surface area contributed by atoms with Gasteiger partial charge in [-0.05, 0) is 43.6 Å². The number of hydrogen-bond donors (Lipinski definition) is 0. The largest absolute Gasteiger partial charge is 0.354 e. The first kappa shape index (κ1) is 15.9. The molecule has 0 spiro atoms. The standard InChI is InChI=1S/C19H28N4O/c24-19(12-15-4-2-1-3-5-15)23-11-8-16-7-10-22(13-17(16)23)18-6-9-20-14-21-18/h6,9,14-17H,1-5,7-8,10-13H2. The molecule has 0 aromatic carbocycles. The van der Waals surface area contributed by atoms with E-state index in [-0.39, 0.29) is 0 Å². The van der Waals surface area contributed by atoms with E-state index in [1.807, 2.05) is 6.07 Å². The maximum absolute atomic E-state index is 12.9. The lowest BCUT2D eigenvalue weighted by molar-refractivity contribution is -0.133. The van der Waals surface area contributed by atoms with E-state index in [1.54, 1.807) is 12.5 Å². The Bertz CT molecular complexity index is 558. The van der Waals surface area contributed by atoms with Crippen molar-refractivity contribution in [2.45, 2.75) is 57.4 Å². The first-order valence-corrected chi connectivity index (χ1v) is 9.61. The van der Waals surface area contributed by atoms with Crippen LogP contribution in [0.15, 0.2) is 18.6 Å². The molecule has 1 aliphatic carbocycles. The normalized spacial score (nSPS) is 28.0. The fraction of sp³-hybridized carbons (Fsp3) is 0.737. The highest BCUT2D eigenvalue weighted by Crippen LogP contribution is 2.35. The van der Waals surface area contributed by atoms with Crippen molar-refractivity contribution < 1.29 is 4.79 Å². The SMILES string of the molecule is O=C(CC1CCCCC1)N1CCC2CCN(c3ccncn3)CC21. The maximum atomic E-state index is 12.9. The first-order chi connectivity index (χ1) is 11.8. The van der Waals surface area contributed by atoms with Crippen molar-refractivity contribution in [3.05, 3.63) is 18.6 Å². The van der Waals surface area contributed by atoms with E-state index >= 15 is 0 Å². The average molecular weight is 328 g/mol. The highest BCUT2D eigenvalue weighted by molar-refractivity contribution is 5.77. The third-order valence-corrected chi connectivity index (χ3v) is 6.26. The van der Waals surface area contributed by atoms with Crippen molar-refractivity contribution in [2.24, 2.45) is 11.8 Å². The van der Waals surface area contributed by atoms with Gasteiger partial charge in [-0.2, -0.15) is 0 Å². The fourth-order valence-corrected chi connectivity index (χ4v) is 4.88. The number of fused-ring (bicyclic) bond motifs is 1. The Hall–Kier alpha value is -1.65. The van der Waals surface area contributed by atoms with Crippen LogP contribution in [0.4, 0.5) is 5.82 Å². The zero-order valence-corrected chi connectivity index (χ0v) is 14.4. The highest BCUT2D eigenvalue weighted by atomic mass is 16.2. The minimum Gasteiger partial charge on any atom is -0.354 e. The Balaban J connectivity index is 1.40. The molecule has 3 aliphatic rings. The second-order valence-corrected chi connectivity index (χ2v) is 7.71. The number of hydrogen-bond acceptors (Lipinski definition) is 4. The molecular weight excluding hydrogens is 300 g/mol. The summed E-state index contributed by atoms with van der Waals surface area (Å²) in [4.78, 5) is 25.8. The van der Waals surface area contributed by atoms with Crippen LogP contribution >= 0.6 is 0 Å². The van der Waals surface area contributed by atoms with E-state index in [2.05, 4.69) is 19.8 Å². The molecule has 3 fully saturated rings. The predicted octanol–water partition coefficient (Wildman–Crippen LogP) is 2.87. The van der Waals surface area contributed by atoms with Crippen LogP contribution in [-0.4, -0.2) is 46.5 Å². The van der Waals surface area contributed by atoms with Gasteiger partial charge in [0.15, 0.2) is 0 Å². The van der Waals surface area contributed by atoms with Crippen LogP contribution in [-0.2, 0) is 4.79 Å². The number of nitrogens with zero attached hydrogens (tertiary/aromatic N) is 4. The van der Waals surface area contributed by atoms with Gasteiger partial charge in [0, 0.05) is 32.3 Å². The zero-order chi connectivity index (χ0) is 16.4. The highest BCUT2D eigenvalue weighted by Gasteiger charge is 2.41. The number of rotatable bonds is 3. The van der Waals surface area contributed by atoms with Gasteiger partial charge in [0.25, 0.3) is 0 Å². The van der Waals surface area contributed by atoms with Crippen molar-refractivity contribution in [1.29, 1.82) is 0 Å². The molecule has 3 heterocycles. The Labute approximate surface area is 144 Å². The summed E-state index contributed by atoms with van der Waals surface area (Å²) in [6.45, 7) is 2.93. The number of likely N-dealkylation sites (tertiary alicyclic amines) is 1. The van der Waals surface area contributed by atoms with Gasteiger partial charge >= 0.3 is 0 Å². The van der Waals surface area contributed by atoms with E-state index in [1.165, 1.54) is 44.9 Å². The summed E-state index contributed by atoms with van der Waals surface area (Å²) in [6, 6.07) is 2.36. The van der Waals surface area contributed by atoms with Crippen molar-refractivity contribution in [1.82, 2.24) is 14.9 Å². The molecule has 5 heteroatoms. The van der Waals surface area contributed by atoms with Gasteiger partial charge in [0.2, 0.25) is 5.91 Å². The number of carbonyl (C=O) groups is 1. The molecule has 1 amide bonds. The summed E-state index contributed by atoms with van der Waals surface area (Å²) >= 11 is 0. The lowest BCUT2D eigenvalue weighted by Crippen LogP contribution is -2.50. The minimum atomic E-state index is 0.379. The zero-order valence-electron chi connectivity index (χ0n) is 14.4. The maximum Gasteiger partial charge on any atom is 0.223 e. The molecule has 1 aromatic heterocycles. The third kappa shape index (κ3) is 3.26. The van der Waals surface area contributed by atoms with Crippen LogP contribution in [0.1, 0.15) is 51.4 Å². The summed E-state index contributed by atoms with van der Waals surface area (Å²) in [6.07, 6.45) is 13.0. The summed E-state index contributed by atoms with van der Waals surface area (Å²) in [5.41, 5.74) is 0. The van der Waals surface area contributed by atoms with Crippen molar-refractivity contribution in [3.63, 3.8) is 0 Å². The monoisotopic (exact) mass is 328 g/mol. The number of anilines is 1. The van der Waals surface area contributed by atoms with Crippen molar-refractivity contribution in [3.8, 4) is 0 Å². The smallest absolute Gasteiger partial charge is 0.223 e. The molecule has 130 valence electrons. The Morgan fingerprint density at radius 3 is 2.75 bits per heavy atom. The Morgan fingerprint density at radius 2 is 1.96 bits per heavy atom. The van der Waals surface area contributed by atoms with Crippen LogP contribution in [0.25, 0.3) is 0 Å². The van der Waals surface area contributed by atoms with E-state index in [0.717, 1.165) is 31.9 Å². The topological polar surface area (TPSA) is 49.3 Å². The van der Waals surface area contributed by atoms with Gasteiger partial charge in [0.05, 0.1) is 6.04 Å². The third-order valence-electron chi connectivity index (χ3n) is 6.26. The van der Waals surface area contributed by atoms with Crippen molar-refractivity contribution >= 4 is 11.7 Å². The fourth-order valence-electron chi connectivity index (χ4n) is 4.88. The van der Waals surface area contributed by atoms with Gasteiger partial charge in [-0.1, -0.05) is 19.3 Å². The molecule has 5 nitrogen and oxygen atoms in total. The number of carbonyl (C=O) groups excluding carboxylic acids is 1. The summed E-state index contributed by atoms with van der Waals surface area (Å²) in [5.74, 6) is 2.71. The molecule has 2 aliphatic heterocycles. The Morgan fingerprint density at radius 1 is 1.12 bits per heavy atom. The Kier molecular flexibility index (Phi) is 4.67. The van der Waals surface area contributed by atoms with Crippen molar-refractivity contribution in [2.75, 3.05) is 24.5 Å². The molecule has 24 heavy (non-hydrogen) atoms. The average Bonchev–Trinajstić information content (AvgIpc) is 3.06. The van der Waals surface area contributed by atoms with Gasteiger partial charge in [-0.3, -0.25) is 4.79 Å². The van der Waals surface area contributed by atoms with Crippen LogP contribution in [0.3, 0.4) is 0 Å². The number of piperidine rings is 1. The minimum absolute atomic E-state index is 0.379. The first-order valence-electron chi connectivity index (χ1n) is 9.61. The molecule has 2 saturated heterocycles. The molecule has 2 unspecified atom stereocenters. The second-order valence-electron chi connectivity index (χ2n) is 7.71. The predicted molar refractivity (Wildman–Crippen MR) is 93.7 cm³/mol. The summed E-state index contributed by atoms with van der Waals surface area (Å²) in [7, 11) is 0. The molecular formula is C19H28N4O. The number of amides is 1. The number of aromatic nitrogens is 2. The van der Waals surface area contributed by atoms with E-state index in [9.17, 15) is 4.79 Å². The van der Waals surface area contributed by atoms with Crippen LogP contribution in [0.5, 0.6) is 0 Å².